The Bertz CT molecular complexity index is 433. The van der Waals surface area contributed by atoms with Gasteiger partial charge in [-0.3, -0.25) is 10.1 Å². The average molecular weight is 267 g/mol. The molecule has 0 amide bonds. The number of nitrogens with zero attached hydrogens (tertiary/aromatic N) is 1. The normalized spacial score (nSPS) is 16.4. The van der Waals surface area contributed by atoms with E-state index >= 15 is 0 Å². The third kappa shape index (κ3) is 3.29. The van der Waals surface area contributed by atoms with E-state index in [1.807, 2.05) is 11.8 Å². The molecule has 0 bridgehead atoms. The van der Waals surface area contributed by atoms with Crippen LogP contribution in [0.5, 0.6) is 0 Å². The molecular formula is C12H17N3O2S. The fourth-order valence-electron chi connectivity index (χ4n) is 2.03. The summed E-state index contributed by atoms with van der Waals surface area (Å²) in [6, 6.07) is 4.57. The summed E-state index contributed by atoms with van der Waals surface area (Å²) in [7, 11) is 0. The molecule has 1 aliphatic rings. The maximum absolute atomic E-state index is 10.6. The molecule has 0 aromatic heterocycles. The highest BCUT2D eigenvalue weighted by molar-refractivity contribution is 7.99. The predicted octanol–water partition coefficient (Wildman–Crippen LogP) is 2.73. The smallest absolute Gasteiger partial charge is 0.271 e. The molecule has 1 aromatic carbocycles. The van der Waals surface area contributed by atoms with Gasteiger partial charge >= 0.3 is 0 Å². The molecule has 0 radical (unpaired) electrons. The first-order chi connectivity index (χ1) is 8.66. The number of nitrogens with one attached hydrogen (secondary N) is 1. The van der Waals surface area contributed by atoms with E-state index in [2.05, 4.69) is 5.32 Å². The maximum atomic E-state index is 10.6. The van der Waals surface area contributed by atoms with Crippen molar-refractivity contribution in [3.05, 3.63) is 28.3 Å². The number of benzene rings is 1. The topological polar surface area (TPSA) is 81.2 Å². The minimum atomic E-state index is -0.432. The molecule has 1 aliphatic heterocycles. The van der Waals surface area contributed by atoms with Crippen molar-refractivity contribution in [1.82, 2.24) is 0 Å². The quantitative estimate of drug-likeness (QED) is 0.498. The highest BCUT2D eigenvalue weighted by Crippen LogP contribution is 2.26. The van der Waals surface area contributed by atoms with E-state index in [1.165, 1.54) is 36.5 Å². The highest BCUT2D eigenvalue weighted by atomic mass is 32.2. The summed E-state index contributed by atoms with van der Waals surface area (Å²) in [5.41, 5.74) is 7.07. The monoisotopic (exact) mass is 267 g/mol. The minimum absolute atomic E-state index is 0.0344. The lowest BCUT2D eigenvalue weighted by Crippen LogP contribution is -2.19. The molecule has 0 aliphatic carbocycles. The number of nitro groups is 1. The van der Waals surface area contributed by atoms with Crippen LogP contribution in [0.25, 0.3) is 0 Å². The molecule has 1 saturated heterocycles. The zero-order chi connectivity index (χ0) is 13.0. The maximum Gasteiger partial charge on any atom is 0.271 e. The molecule has 2 rings (SSSR count). The van der Waals surface area contributed by atoms with E-state index < -0.39 is 4.92 Å². The van der Waals surface area contributed by atoms with Crippen molar-refractivity contribution in [3.8, 4) is 0 Å². The largest absolute Gasteiger partial charge is 0.397 e. The number of hydrogen-bond donors (Lipinski definition) is 2. The van der Waals surface area contributed by atoms with Gasteiger partial charge in [0.1, 0.15) is 0 Å². The highest BCUT2D eigenvalue weighted by Gasteiger charge is 2.14. The van der Waals surface area contributed by atoms with E-state index in [1.54, 1.807) is 6.07 Å². The Balaban J connectivity index is 1.94. The van der Waals surface area contributed by atoms with Crippen molar-refractivity contribution in [3.63, 3.8) is 0 Å². The second kappa shape index (κ2) is 5.95. The Morgan fingerprint density at radius 1 is 1.44 bits per heavy atom. The minimum Gasteiger partial charge on any atom is -0.397 e. The number of nitro benzene ring substituents is 1. The van der Waals surface area contributed by atoms with Crippen LogP contribution in [0.4, 0.5) is 17.1 Å². The standard InChI is InChI=1S/C12H17N3O2S/c13-11-7-10(15(16)17)1-2-12(11)14-8-9-3-5-18-6-4-9/h1-2,7,9,14H,3-6,8,13H2. The molecule has 0 atom stereocenters. The van der Waals surface area contributed by atoms with Gasteiger partial charge in [0.2, 0.25) is 0 Å². The Labute approximate surface area is 110 Å². The van der Waals surface area contributed by atoms with E-state index in [0.717, 1.165) is 12.2 Å². The third-order valence-corrected chi connectivity index (χ3v) is 4.22. The van der Waals surface area contributed by atoms with Gasteiger partial charge < -0.3 is 11.1 Å². The average Bonchev–Trinajstić information content (AvgIpc) is 2.38. The third-order valence-electron chi connectivity index (χ3n) is 3.17. The van der Waals surface area contributed by atoms with Crippen molar-refractivity contribution in [2.75, 3.05) is 29.1 Å². The number of hydrogen-bond acceptors (Lipinski definition) is 5. The number of anilines is 2. The first-order valence-electron chi connectivity index (χ1n) is 6.02. The summed E-state index contributed by atoms with van der Waals surface area (Å²) >= 11 is 2.00. The number of non-ortho nitro benzene ring substituents is 1. The Hall–Kier alpha value is -1.43. The Morgan fingerprint density at radius 2 is 2.17 bits per heavy atom. The molecule has 3 N–H and O–H groups in total. The van der Waals surface area contributed by atoms with Crippen molar-refractivity contribution in [1.29, 1.82) is 0 Å². The molecule has 1 fully saturated rings. The van der Waals surface area contributed by atoms with E-state index in [9.17, 15) is 10.1 Å². The van der Waals surface area contributed by atoms with Gasteiger partial charge in [0.15, 0.2) is 0 Å². The Morgan fingerprint density at radius 3 is 2.78 bits per heavy atom. The van der Waals surface area contributed by atoms with Crippen LogP contribution in [0.3, 0.4) is 0 Å². The van der Waals surface area contributed by atoms with E-state index in [-0.39, 0.29) is 5.69 Å². The number of nitrogen functional groups attached to an aromatic ring is 1. The number of nitrogens with two attached hydrogens (primary N) is 1. The zero-order valence-electron chi connectivity index (χ0n) is 10.1. The fraction of sp³-hybridized carbons (Fsp3) is 0.500. The van der Waals surface area contributed by atoms with Gasteiger partial charge in [-0.2, -0.15) is 11.8 Å². The molecule has 18 heavy (non-hydrogen) atoms. The lowest BCUT2D eigenvalue weighted by molar-refractivity contribution is -0.384. The second-order valence-electron chi connectivity index (χ2n) is 4.47. The lowest BCUT2D eigenvalue weighted by atomic mass is 10.0. The molecule has 0 saturated carbocycles. The molecule has 0 spiro atoms. The summed E-state index contributed by atoms with van der Waals surface area (Å²) in [6.07, 6.45) is 2.45. The molecule has 98 valence electrons. The molecule has 6 heteroatoms. The number of thioether (sulfide) groups is 1. The van der Waals surface area contributed by atoms with Crippen LogP contribution in [-0.2, 0) is 0 Å². The van der Waals surface area contributed by atoms with E-state index in [4.69, 9.17) is 5.73 Å². The fourth-order valence-corrected chi connectivity index (χ4v) is 3.23. The summed E-state index contributed by atoms with van der Waals surface area (Å²) in [4.78, 5) is 10.2. The predicted molar refractivity (Wildman–Crippen MR) is 76.0 cm³/mol. The molecule has 1 aromatic rings. The summed E-state index contributed by atoms with van der Waals surface area (Å²) in [5.74, 6) is 3.13. The van der Waals surface area contributed by atoms with Crippen LogP contribution in [0.15, 0.2) is 18.2 Å². The number of rotatable bonds is 4. The van der Waals surface area contributed by atoms with Crippen LogP contribution >= 0.6 is 11.8 Å². The molecule has 1 heterocycles. The van der Waals surface area contributed by atoms with Gasteiger partial charge in [0, 0.05) is 18.7 Å². The van der Waals surface area contributed by atoms with Crippen molar-refractivity contribution in [2.45, 2.75) is 12.8 Å². The van der Waals surface area contributed by atoms with Gasteiger partial charge in [0.25, 0.3) is 5.69 Å². The van der Waals surface area contributed by atoms with Crippen LogP contribution in [0.2, 0.25) is 0 Å². The first-order valence-corrected chi connectivity index (χ1v) is 7.18. The van der Waals surface area contributed by atoms with Gasteiger partial charge in [0.05, 0.1) is 16.3 Å². The second-order valence-corrected chi connectivity index (χ2v) is 5.69. The molecular weight excluding hydrogens is 250 g/mol. The van der Waals surface area contributed by atoms with Crippen molar-refractivity contribution in [2.24, 2.45) is 5.92 Å². The van der Waals surface area contributed by atoms with Crippen molar-refractivity contribution < 1.29 is 4.92 Å². The van der Waals surface area contributed by atoms with Gasteiger partial charge in [-0.15, -0.1) is 0 Å². The van der Waals surface area contributed by atoms with Gasteiger partial charge in [-0.05, 0) is 36.3 Å². The first kappa shape index (κ1) is 13.0. The summed E-state index contributed by atoms with van der Waals surface area (Å²) in [6.45, 7) is 0.891. The Kier molecular flexibility index (Phi) is 4.30. The molecule has 5 nitrogen and oxygen atoms in total. The van der Waals surface area contributed by atoms with Crippen LogP contribution < -0.4 is 11.1 Å². The van der Waals surface area contributed by atoms with Crippen LogP contribution in [0.1, 0.15) is 12.8 Å². The van der Waals surface area contributed by atoms with Crippen LogP contribution in [0, 0.1) is 16.0 Å². The SMILES string of the molecule is Nc1cc([N+](=O)[O-])ccc1NCC1CCSCC1. The molecule has 0 unspecified atom stereocenters. The zero-order valence-corrected chi connectivity index (χ0v) is 10.9. The summed E-state index contributed by atoms with van der Waals surface area (Å²) < 4.78 is 0. The van der Waals surface area contributed by atoms with E-state index in [0.29, 0.717) is 11.6 Å². The van der Waals surface area contributed by atoms with Gasteiger partial charge in [-0.1, -0.05) is 0 Å². The van der Waals surface area contributed by atoms with Gasteiger partial charge in [-0.25, -0.2) is 0 Å². The van der Waals surface area contributed by atoms with Crippen LogP contribution in [-0.4, -0.2) is 23.0 Å². The van der Waals surface area contributed by atoms with Crippen molar-refractivity contribution >= 4 is 28.8 Å². The summed E-state index contributed by atoms with van der Waals surface area (Å²) in [5, 5.41) is 13.9. The lowest BCUT2D eigenvalue weighted by Gasteiger charge is -2.22.